The molecule has 1 saturated heterocycles. The number of likely N-dealkylation sites (tertiary alicyclic amines) is 1. The molecule has 1 aromatic rings. The zero-order chi connectivity index (χ0) is 13.5. The lowest BCUT2D eigenvalue weighted by Crippen LogP contribution is -2.30. The average molecular weight is 309 g/mol. The fourth-order valence-corrected chi connectivity index (χ4v) is 3.73. The minimum Gasteiger partial charge on any atom is -0.333 e. The Balaban J connectivity index is 2.18. The van der Waals surface area contributed by atoms with Crippen LogP contribution in [0, 0.1) is 6.92 Å². The molecule has 1 aliphatic rings. The van der Waals surface area contributed by atoms with Gasteiger partial charge in [0, 0.05) is 29.0 Å². The molecule has 2 atom stereocenters. The summed E-state index contributed by atoms with van der Waals surface area (Å²) in [5.41, 5.74) is 0.790. The van der Waals surface area contributed by atoms with Gasteiger partial charge in [0.25, 0.3) is 0 Å². The minimum atomic E-state index is -3.69. The quantitative estimate of drug-likeness (QED) is 0.797. The Morgan fingerprint density at radius 1 is 1.61 bits per heavy atom. The van der Waals surface area contributed by atoms with Crippen molar-refractivity contribution in [3.63, 3.8) is 0 Å². The number of hydrogen-bond donors (Lipinski definition) is 0. The van der Waals surface area contributed by atoms with Gasteiger partial charge in [-0.3, -0.25) is 4.79 Å². The maximum absolute atomic E-state index is 11.8. The number of hydrogen-bond acceptors (Lipinski definition) is 5. The van der Waals surface area contributed by atoms with E-state index >= 15 is 0 Å². The Morgan fingerprint density at radius 3 is 2.72 bits per heavy atom. The third-order valence-corrected chi connectivity index (χ3v) is 5.71. The first-order valence-electron chi connectivity index (χ1n) is 5.44. The van der Waals surface area contributed by atoms with Gasteiger partial charge in [-0.15, -0.1) is 11.3 Å². The van der Waals surface area contributed by atoms with Gasteiger partial charge in [0.1, 0.15) is 5.25 Å². The van der Waals surface area contributed by atoms with Crippen molar-refractivity contribution in [1.82, 2.24) is 9.88 Å². The Labute approximate surface area is 114 Å². The Morgan fingerprint density at radius 2 is 2.28 bits per heavy atom. The molecule has 5 nitrogen and oxygen atoms in total. The van der Waals surface area contributed by atoms with Crippen molar-refractivity contribution >= 4 is 37.0 Å². The van der Waals surface area contributed by atoms with Crippen LogP contribution in [0.5, 0.6) is 0 Å². The Kier molecular flexibility index (Phi) is 3.66. The van der Waals surface area contributed by atoms with Gasteiger partial charge in [0.2, 0.25) is 15.0 Å². The molecule has 0 spiro atoms. The van der Waals surface area contributed by atoms with Crippen molar-refractivity contribution in [1.29, 1.82) is 0 Å². The van der Waals surface area contributed by atoms with E-state index in [1.165, 1.54) is 16.2 Å². The van der Waals surface area contributed by atoms with Gasteiger partial charge < -0.3 is 4.90 Å². The highest BCUT2D eigenvalue weighted by atomic mass is 35.7. The van der Waals surface area contributed by atoms with Crippen LogP contribution >= 0.6 is 22.0 Å². The fraction of sp³-hybridized carbons (Fsp3) is 0.600. The van der Waals surface area contributed by atoms with E-state index in [1.54, 1.807) is 0 Å². The molecule has 0 bridgehead atoms. The maximum atomic E-state index is 11.8. The van der Waals surface area contributed by atoms with Crippen molar-refractivity contribution in [2.75, 3.05) is 6.54 Å². The highest BCUT2D eigenvalue weighted by Gasteiger charge is 2.39. The Hall–Kier alpha value is -0.660. The minimum absolute atomic E-state index is 0.0424. The van der Waals surface area contributed by atoms with Crippen LogP contribution in [-0.2, 0) is 13.8 Å². The highest BCUT2D eigenvalue weighted by Crippen LogP contribution is 2.29. The summed E-state index contributed by atoms with van der Waals surface area (Å²) in [6, 6.07) is -0.217. The van der Waals surface area contributed by atoms with E-state index in [0.29, 0.717) is 0 Å². The van der Waals surface area contributed by atoms with E-state index in [1.807, 2.05) is 19.2 Å². The summed E-state index contributed by atoms with van der Waals surface area (Å²) < 4.78 is 22.5. The molecule has 0 aromatic carbocycles. The average Bonchev–Trinajstić information content (AvgIpc) is 2.83. The number of thiazole rings is 1. The number of amides is 1. The number of carbonyl (C=O) groups excluding carboxylic acids is 1. The molecule has 2 rings (SSSR count). The topological polar surface area (TPSA) is 67.3 Å². The molecule has 0 aliphatic carbocycles. The first-order valence-corrected chi connectivity index (χ1v) is 8.69. The van der Waals surface area contributed by atoms with E-state index in [0.717, 1.165) is 10.7 Å². The van der Waals surface area contributed by atoms with E-state index in [4.69, 9.17) is 10.7 Å². The summed E-state index contributed by atoms with van der Waals surface area (Å²) in [4.78, 5) is 17.7. The van der Waals surface area contributed by atoms with Crippen LogP contribution in [0.4, 0.5) is 0 Å². The molecule has 100 valence electrons. The molecule has 1 fully saturated rings. The zero-order valence-corrected chi connectivity index (χ0v) is 12.3. The van der Waals surface area contributed by atoms with Gasteiger partial charge in [-0.25, -0.2) is 13.4 Å². The second-order valence-corrected chi connectivity index (χ2v) is 8.29. The molecule has 0 radical (unpaired) electrons. The monoisotopic (exact) mass is 308 g/mol. The SMILES string of the molecule is Cc1nc(C(C)N2CC(S(=O)(=O)Cl)CC2=O)cs1. The second-order valence-electron chi connectivity index (χ2n) is 4.32. The van der Waals surface area contributed by atoms with Crippen molar-refractivity contribution in [2.45, 2.75) is 31.6 Å². The number of aryl methyl sites for hydroxylation is 1. The lowest BCUT2D eigenvalue weighted by molar-refractivity contribution is -0.129. The summed E-state index contributed by atoms with van der Waals surface area (Å²) in [7, 11) is 1.62. The van der Waals surface area contributed by atoms with Crippen LogP contribution in [0.2, 0.25) is 0 Å². The molecule has 1 aromatic heterocycles. The van der Waals surface area contributed by atoms with E-state index in [9.17, 15) is 13.2 Å². The number of halogens is 1. The molecular weight excluding hydrogens is 296 g/mol. The highest BCUT2D eigenvalue weighted by molar-refractivity contribution is 8.14. The predicted molar refractivity (Wildman–Crippen MR) is 70.2 cm³/mol. The van der Waals surface area contributed by atoms with Crippen LogP contribution in [0.15, 0.2) is 5.38 Å². The number of nitrogens with zero attached hydrogens (tertiary/aromatic N) is 2. The number of rotatable bonds is 3. The molecule has 2 unspecified atom stereocenters. The number of aromatic nitrogens is 1. The van der Waals surface area contributed by atoms with Gasteiger partial charge in [-0.05, 0) is 13.8 Å². The molecule has 1 amide bonds. The van der Waals surface area contributed by atoms with E-state index in [2.05, 4.69) is 4.98 Å². The summed E-state index contributed by atoms with van der Waals surface area (Å²) in [5, 5.41) is 1.99. The van der Waals surface area contributed by atoms with Crippen molar-refractivity contribution in [3.05, 3.63) is 16.1 Å². The van der Waals surface area contributed by atoms with Gasteiger partial charge in [0.15, 0.2) is 0 Å². The van der Waals surface area contributed by atoms with Crippen LogP contribution in [0.1, 0.15) is 30.1 Å². The van der Waals surface area contributed by atoms with Crippen molar-refractivity contribution < 1.29 is 13.2 Å². The molecule has 18 heavy (non-hydrogen) atoms. The lowest BCUT2D eigenvalue weighted by Gasteiger charge is -2.22. The normalized spacial score (nSPS) is 22.5. The van der Waals surface area contributed by atoms with E-state index in [-0.39, 0.29) is 24.9 Å². The summed E-state index contributed by atoms with van der Waals surface area (Å²) in [6.07, 6.45) is -0.0424. The Bertz CT molecular complexity index is 569. The van der Waals surface area contributed by atoms with Crippen molar-refractivity contribution in [2.24, 2.45) is 0 Å². The first-order chi connectivity index (χ1) is 8.29. The molecule has 0 saturated carbocycles. The number of carbonyl (C=O) groups is 1. The summed E-state index contributed by atoms with van der Waals surface area (Å²) in [5.74, 6) is -0.192. The van der Waals surface area contributed by atoms with E-state index < -0.39 is 14.3 Å². The smallest absolute Gasteiger partial charge is 0.237 e. The van der Waals surface area contributed by atoms with Crippen LogP contribution < -0.4 is 0 Å². The first kappa shape index (κ1) is 13.8. The third-order valence-electron chi connectivity index (χ3n) is 3.05. The molecule has 0 N–H and O–H groups in total. The molecule has 8 heteroatoms. The molecular formula is C10H13ClN2O3S2. The van der Waals surface area contributed by atoms with Gasteiger partial charge >= 0.3 is 0 Å². The van der Waals surface area contributed by atoms with Gasteiger partial charge in [0.05, 0.1) is 16.7 Å². The lowest BCUT2D eigenvalue weighted by atomic mass is 10.2. The van der Waals surface area contributed by atoms with Crippen LogP contribution in [0.25, 0.3) is 0 Å². The standard InChI is InChI=1S/C10H13ClN2O3S2/c1-6(9-5-17-7(2)12-9)13-4-8(3-10(13)14)18(11,15)16/h5-6,8H,3-4H2,1-2H3. The predicted octanol–water partition coefficient (Wildman–Crippen LogP) is 1.68. The third kappa shape index (κ3) is 2.67. The molecule has 1 aliphatic heterocycles. The summed E-state index contributed by atoms with van der Waals surface area (Å²) in [6.45, 7) is 3.87. The second kappa shape index (κ2) is 4.79. The van der Waals surface area contributed by atoms with Crippen LogP contribution in [-0.4, -0.2) is 36.0 Å². The van der Waals surface area contributed by atoms with Gasteiger partial charge in [-0.1, -0.05) is 0 Å². The maximum Gasteiger partial charge on any atom is 0.237 e. The summed E-state index contributed by atoms with van der Waals surface area (Å²) >= 11 is 1.51. The fourth-order valence-electron chi connectivity index (χ4n) is 1.99. The largest absolute Gasteiger partial charge is 0.333 e. The van der Waals surface area contributed by atoms with Crippen LogP contribution in [0.3, 0.4) is 0 Å². The zero-order valence-electron chi connectivity index (χ0n) is 9.96. The molecule has 2 heterocycles. The van der Waals surface area contributed by atoms with Gasteiger partial charge in [-0.2, -0.15) is 0 Å². The van der Waals surface area contributed by atoms with Crippen molar-refractivity contribution in [3.8, 4) is 0 Å².